The maximum absolute atomic E-state index is 4.71. The summed E-state index contributed by atoms with van der Waals surface area (Å²) >= 11 is 3.51. The van der Waals surface area contributed by atoms with Crippen molar-refractivity contribution in [3.8, 4) is 0 Å². The molecule has 0 aliphatic carbocycles. The normalized spacial score (nSPS) is 17.4. The molecule has 20 heavy (non-hydrogen) atoms. The van der Waals surface area contributed by atoms with E-state index in [1.54, 1.807) is 0 Å². The third kappa shape index (κ3) is 3.92. The van der Waals surface area contributed by atoms with Crippen molar-refractivity contribution < 1.29 is 0 Å². The molecule has 4 nitrogen and oxygen atoms in total. The number of anilines is 1. The smallest absolute Gasteiger partial charge is 0.133 e. The number of aryl methyl sites for hydroxylation is 1. The largest absolute Gasteiger partial charge is 0.356 e. The van der Waals surface area contributed by atoms with E-state index in [1.807, 2.05) is 6.07 Å². The fourth-order valence-electron chi connectivity index (χ4n) is 2.78. The Labute approximate surface area is 130 Å². The van der Waals surface area contributed by atoms with Crippen LogP contribution in [0.5, 0.6) is 0 Å². The average Bonchev–Trinajstić information content (AvgIpc) is 2.46. The summed E-state index contributed by atoms with van der Waals surface area (Å²) < 4.78 is 0.892. The maximum Gasteiger partial charge on any atom is 0.133 e. The molecule has 0 amide bonds. The van der Waals surface area contributed by atoms with Crippen LogP contribution in [0.4, 0.5) is 5.82 Å². The van der Waals surface area contributed by atoms with Crippen molar-refractivity contribution in [1.82, 2.24) is 14.9 Å². The van der Waals surface area contributed by atoms with Gasteiger partial charge in [0.25, 0.3) is 0 Å². The third-order valence-electron chi connectivity index (χ3n) is 4.11. The van der Waals surface area contributed by atoms with Crippen LogP contribution in [0, 0.1) is 0 Å². The Morgan fingerprint density at radius 1 is 1.30 bits per heavy atom. The monoisotopic (exact) mass is 340 g/mol. The summed E-state index contributed by atoms with van der Waals surface area (Å²) in [4.78, 5) is 14.0. The van der Waals surface area contributed by atoms with Gasteiger partial charge in [-0.1, -0.05) is 13.8 Å². The standard InChI is InChI=1S/C15H25BrN4/c1-4-6-14-17-13(16)11-15(18-14)19(3)12-7-9-20(5-2)10-8-12/h11-12H,4-10H2,1-3H3. The van der Waals surface area contributed by atoms with Crippen LogP contribution in [0.2, 0.25) is 0 Å². The lowest BCUT2D eigenvalue weighted by Crippen LogP contribution is -2.43. The van der Waals surface area contributed by atoms with Crippen LogP contribution in [0.3, 0.4) is 0 Å². The van der Waals surface area contributed by atoms with Gasteiger partial charge in [0.15, 0.2) is 0 Å². The third-order valence-corrected chi connectivity index (χ3v) is 4.52. The van der Waals surface area contributed by atoms with Crippen LogP contribution in [-0.2, 0) is 6.42 Å². The van der Waals surface area contributed by atoms with Gasteiger partial charge in [-0.2, -0.15) is 0 Å². The molecule has 0 atom stereocenters. The van der Waals surface area contributed by atoms with E-state index in [9.17, 15) is 0 Å². The highest BCUT2D eigenvalue weighted by molar-refractivity contribution is 9.10. The second kappa shape index (κ2) is 7.36. The Balaban J connectivity index is 2.07. The highest BCUT2D eigenvalue weighted by atomic mass is 79.9. The summed E-state index contributed by atoms with van der Waals surface area (Å²) in [6.45, 7) is 7.95. The second-order valence-corrected chi connectivity index (χ2v) is 6.30. The molecule has 1 saturated heterocycles. The Hall–Kier alpha value is -0.680. The lowest BCUT2D eigenvalue weighted by molar-refractivity contribution is 0.220. The van der Waals surface area contributed by atoms with Gasteiger partial charge in [0.1, 0.15) is 16.2 Å². The van der Waals surface area contributed by atoms with Crippen molar-refractivity contribution in [3.05, 3.63) is 16.5 Å². The number of halogens is 1. The molecule has 0 saturated carbocycles. The Bertz CT molecular complexity index is 430. The fraction of sp³-hybridized carbons (Fsp3) is 0.733. The fourth-order valence-corrected chi connectivity index (χ4v) is 3.19. The highest BCUT2D eigenvalue weighted by Gasteiger charge is 2.23. The molecule has 1 aromatic rings. The van der Waals surface area contributed by atoms with Crippen molar-refractivity contribution in [3.63, 3.8) is 0 Å². The van der Waals surface area contributed by atoms with E-state index >= 15 is 0 Å². The molecular formula is C15H25BrN4. The van der Waals surface area contributed by atoms with E-state index < -0.39 is 0 Å². The van der Waals surface area contributed by atoms with Gasteiger partial charge in [0, 0.05) is 38.7 Å². The molecule has 5 heteroatoms. The molecule has 1 fully saturated rings. The summed E-state index contributed by atoms with van der Waals surface area (Å²) in [5.41, 5.74) is 0. The first-order chi connectivity index (χ1) is 9.63. The SMILES string of the molecule is CCCc1nc(Br)cc(N(C)C2CCN(CC)CC2)n1. The molecule has 0 aromatic carbocycles. The van der Waals surface area contributed by atoms with Gasteiger partial charge in [-0.15, -0.1) is 0 Å². The molecule has 1 aromatic heterocycles. The lowest BCUT2D eigenvalue weighted by atomic mass is 10.0. The number of piperidine rings is 1. The van der Waals surface area contributed by atoms with Gasteiger partial charge >= 0.3 is 0 Å². The zero-order valence-electron chi connectivity index (χ0n) is 12.8. The summed E-state index contributed by atoms with van der Waals surface area (Å²) in [6, 6.07) is 2.62. The predicted molar refractivity (Wildman–Crippen MR) is 87.3 cm³/mol. The van der Waals surface area contributed by atoms with Gasteiger partial charge < -0.3 is 9.80 Å². The Kier molecular flexibility index (Phi) is 5.78. The minimum Gasteiger partial charge on any atom is -0.356 e. The number of nitrogens with zero attached hydrogens (tertiary/aromatic N) is 4. The van der Waals surface area contributed by atoms with Crippen molar-refractivity contribution >= 4 is 21.7 Å². The zero-order chi connectivity index (χ0) is 14.5. The minimum atomic E-state index is 0.592. The van der Waals surface area contributed by atoms with Crippen molar-refractivity contribution in [2.75, 3.05) is 31.6 Å². The highest BCUT2D eigenvalue weighted by Crippen LogP contribution is 2.23. The first kappa shape index (κ1) is 15.7. The van der Waals surface area contributed by atoms with Crippen molar-refractivity contribution in [2.24, 2.45) is 0 Å². The minimum absolute atomic E-state index is 0.592. The van der Waals surface area contributed by atoms with Crippen LogP contribution < -0.4 is 4.90 Å². The zero-order valence-corrected chi connectivity index (χ0v) is 14.4. The molecule has 112 valence electrons. The van der Waals surface area contributed by atoms with Crippen LogP contribution in [0.15, 0.2) is 10.7 Å². The first-order valence-electron chi connectivity index (χ1n) is 7.62. The molecule has 1 aliphatic heterocycles. The van der Waals surface area contributed by atoms with Crippen LogP contribution in [0.25, 0.3) is 0 Å². The topological polar surface area (TPSA) is 32.3 Å². The van der Waals surface area contributed by atoms with Crippen molar-refractivity contribution in [2.45, 2.75) is 45.6 Å². The molecule has 0 bridgehead atoms. The summed E-state index contributed by atoms with van der Waals surface area (Å²) in [5.74, 6) is 1.99. The predicted octanol–water partition coefficient (Wildman–Crippen LogP) is 3.11. The van der Waals surface area contributed by atoms with E-state index in [4.69, 9.17) is 4.98 Å². The van der Waals surface area contributed by atoms with E-state index in [-0.39, 0.29) is 0 Å². The number of likely N-dealkylation sites (tertiary alicyclic amines) is 1. The lowest BCUT2D eigenvalue weighted by Gasteiger charge is -2.37. The summed E-state index contributed by atoms with van der Waals surface area (Å²) in [6.07, 6.45) is 4.45. The number of rotatable bonds is 5. The van der Waals surface area contributed by atoms with Gasteiger partial charge in [0.2, 0.25) is 0 Å². The molecule has 1 aliphatic rings. The summed E-state index contributed by atoms with van der Waals surface area (Å²) in [5, 5.41) is 0. The van der Waals surface area contributed by atoms with Gasteiger partial charge in [-0.05, 0) is 41.7 Å². The Morgan fingerprint density at radius 3 is 2.60 bits per heavy atom. The molecule has 0 unspecified atom stereocenters. The molecular weight excluding hydrogens is 316 g/mol. The van der Waals surface area contributed by atoms with E-state index in [2.05, 4.69) is 51.6 Å². The van der Waals surface area contributed by atoms with E-state index in [0.717, 1.165) is 35.6 Å². The average molecular weight is 341 g/mol. The van der Waals surface area contributed by atoms with Crippen LogP contribution in [-0.4, -0.2) is 47.6 Å². The number of hydrogen-bond donors (Lipinski definition) is 0. The molecule has 2 heterocycles. The van der Waals surface area contributed by atoms with Gasteiger partial charge in [-0.25, -0.2) is 9.97 Å². The van der Waals surface area contributed by atoms with Gasteiger partial charge in [-0.3, -0.25) is 0 Å². The quantitative estimate of drug-likeness (QED) is 0.771. The van der Waals surface area contributed by atoms with Crippen molar-refractivity contribution in [1.29, 1.82) is 0 Å². The summed E-state index contributed by atoms with van der Waals surface area (Å²) in [7, 11) is 2.16. The van der Waals surface area contributed by atoms with Crippen LogP contribution in [0.1, 0.15) is 38.9 Å². The number of hydrogen-bond acceptors (Lipinski definition) is 4. The van der Waals surface area contributed by atoms with E-state index in [0.29, 0.717) is 6.04 Å². The molecule has 0 spiro atoms. The second-order valence-electron chi connectivity index (χ2n) is 5.49. The van der Waals surface area contributed by atoms with Crippen LogP contribution >= 0.6 is 15.9 Å². The van der Waals surface area contributed by atoms with Gasteiger partial charge in [0.05, 0.1) is 0 Å². The number of aromatic nitrogens is 2. The molecule has 0 N–H and O–H groups in total. The Morgan fingerprint density at radius 2 is 2.00 bits per heavy atom. The maximum atomic E-state index is 4.71. The molecule has 2 rings (SSSR count). The van der Waals surface area contributed by atoms with E-state index in [1.165, 1.54) is 25.9 Å². The molecule has 0 radical (unpaired) electrons. The first-order valence-corrected chi connectivity index (χ1v) is 8.42.